The van der Waals surface area contributed by atoms with Gasteiger partial charge in [-0.25, -0.2) is 4.98 Å². The van der Waals surface area contributed by atoms with Crippen LogP contribution in [-0.2, 0) is 4.79 Å². The number of nitrogens with one attached hydrogen (secondary N) is 2. The second-order valence-electron chi connectivity index (χ2n) is 5.31. The summed E-state index contributed by atoms with van der Waals surface area (Å²) in [5.74, 6) is 2.28. The smallest absolute Gasteiger partial charge is 0.224 e. The predicted octanol–water partition coefficient (Wildman–Crippen LogP) is 1.18. The molecule has 0 spiro atoms. The Bertz CT molecular complexity index is 469. The normalized spacial score (nSPS) is 16.1. The zero-order valence-corrected chi connectivity index (χ0v) is 12.4. The van der Waals surface area contributed by atoms with Gasteiger partial charge in [0.15, 0.2) is 0 Å². The second kappa shape index (κ2) is 6.54. The third-order valence-corrected chi connectivity index (χ3v) is 3.64. The SMILES string of the molecule is CNc1nc(C)cc(N2CCC(CNC(C)=O)CC2)n1. The highest BCUT2D eigenvalue weighted by Gasteiger charge is 2.20. The van der Waals surface area contributed by atoms with Crippen LogP contribution in [0.1, 0.15) is 25.5 Å². The number of aromatic nitrogens is 2. The van der Waals surface area contributed by atoms with Crippen molar-refractivity contribution in [3.63, 3.8) is 0 Å². The van der Waals surface area contributed by atoms with E-state index in [1.54, 1.807) is 6.92 Å². The average molecular weight is 277 g/mol. The van der Waals surface area contributed by atoms with E-state index in [2.05, 4.69) is 25.5 Å². The first kappa shape index (κ1) is 14.6. The van der Waals surface area contributed by atoms with Gasteiger partial charge in [-0.3, -0.25) is 4.79 Å². The molecule has 2 heterocycles. The van der Waals surface area contributed by atoms with Gasteiger partial charge >= 0.3 is 0 Å². The quantitative estimate of drug-likeness (QED) is 0.865. The fraction of sp³-hybridized carbons (Fsp3) is 0.643. The van der Waals surface area contributed by atoms with Crippen molar-refractivity contribution >= 4 is 17.7 Å². The molecular weight excluding hydrogens is 254 g/mol. The van der Waals surface area contributed by atoms with E-state index < -0.39 is 0 Å². The van der Waals surface area contributed by atoms with Gasteiger partial charge in [-0.1, -0.05) is 0 Å². The highest BCUT2D eigenvalue weighted by atomic mass is 16.1. The van der Waals surface area contributed by atoms with Crippen LogP contribution in [0.3, 0.4) is 0 Å². The molecule has 0 radical (unpaired) electrons. The molecule has 0 atom stereocenters. The molecule has 2 N–H and O–H groups in total. The first-order valence-corrected chi connectivity index (χ1v) is 7.11. The molecule has 0 saturated carbocycles. The number of rotatable bonds is 4. The van der Waals surface area contributed by atoms with Crippen LogP contribution in [0.4, 0.5) is 11.8 Å². The number of aryl methyl sites for hydroxylation is 1. The molecule has 1 amide bonds. The molecule has 1 aromatic rings. The molecule has 0 unspecified atom stereocenters. The first-order chi connectivity index (χ1) is 9.58. The second-order valence-corrected chi connectivity index (χ2v) is 5.31. The molecule has 1 fully saturated rings. The minimum Gasteiger partial charge on any atom is -0.357 e. The summed E-state index contributed by atoms with van der Waals surface area (Å²) in [5.41, 5.74) is 0.972. The van der Waals surface area contributed by atoms with Crippen molar-refractivity contribution in [2.45, 2.75) is 26.7 Å². The van der Waals surface area contributed by atoms with E-state index in [4.69, 9.17) is 0 Å². The molecule has 1 aliphatic heterocycles. The lowest BCUT2D eigenvalue weighted by Crippen LogP contribution is -2.38. The summed E-state index contributed by atoms with van der Waals surface area (Å²) in [4.78, 5) is 22.0. The van der Waals surface area contributed by atoms with Crippen LogP contribution in [0.15, 0.2) is 6.07 Å². The summed E-state index contributed by atoms with van der Waals surface area (Å²) in [6.07, 6.45) is 2.16. The number of amides is 1. The van der Waals surface area contributed by atoms with E-state index in [1.807, 2.05) is 20.0 Å². The summed E-state index contributed by atoms with van der Waals surface area (Å²) in [6.45, 7) is 6.29. The molecule has 1 saturated heterocycles. The van der Waals surface area contributed by atoms with E-state index in [1.165, 1.54) is 0 Å². The number of hydrogen-bond acceptors (Lipinski definition) is 5. The molecule has 6 nitrogen and oxygen atoms in total. The van der Waals surface area contributed by atoms with Gasteiger partial charge in [0.25, 0.3) is 0 Å². The highest BCUT2D eigenvalue weighted by Crippen LogP contribution is 2.22. The Labute approximate surface area is 120 Å². The van der Waals surface area contributed by atoms with Crippen LogP contribution in [0, 0.1) is 12.8 Å². The molecule has 0 bridgehead atoms. The Morgan fingerprint density at radius 2 is 2.10 bits per heavy atom. The van der Waals surface area contributed by atoms with Crippen LogP contribution in [0.2, 0.25) is 0 Å². The zero-order valence-electron chi connectivity index (χ0n) is 12.4. The number of carbonyl (C=O) groups is 1. The zero-order chi connectivity index (χ0) is 14.5. The molecule has 0 aromatic carbocycles. The maximum Gasteiger partial charge on any atom is 0.224 e. The maximum absolute atomic E-state index is 10.9. The monoisotopic (exact) mass is 277 g/mol. The number of piperidine rings is 1. The Morgan fingerprint density at radius 1 is 1.40 bits per heavy atom. The largest absolute Gasteiger partial charge is 0.357 e. The molecule has 110 valence electrons. The third kappa shape index (κ3) is 3.82. The van der Waals surface area contributed by atoms with Crippen molar-refractivity contribution in [3.05, 3.63) is 11.8 Å². The Hall–Kier alpha value is -1.85. The Kier molecular flexibility index (Phi) is 4.76. The van der Waals surface area contributed by atoms with Crippen LogP contribution < -0.4 is 15.5 Å². The van der Waals surface area contributed by atoms with Crippen molar-refractivity contribution in [3.8, 4) is 0 Å². The number of carbonyl (C=O) groups excluding carboxylic acids is 1. The topological polar surface area (TPSA) is 70.2 Å². The number of hydrogen-bond donors (Lipinski definition) is 2. The lowest BCUT2D eigenvalue weighted by molar-refractivity contribution is -0.119. The lowest BCUT2D eigenvalue weighted by atomic mass is 9.97. The lowest BCUT2D eigenvalue weighted by Gasteiger charge is -2.33. The van der Waals surface area contributed by atoms with Crippen molar-refractivity contribution in [2.75, 3.05) is 36.9 Å². The molecule has 1 aliphatic rings. The molecule has 6 heteroatoms. The minimum absolute atomic E-state index is 0.0533. The first-order valence-electron chi connectivity index (χ1n) is 7.11. The highest BCUT2D eigenvalue weighted by molar-refractivity contribution is 5.72. The van der Waals surface area contributed by atoms with E-state index in [9.17, 15) is 4.79 Å². The van der Waals surface area contributed by atoms with Gasteiger partial charge in [0.1, 0.15) is 5.82 Å². The van der Waals surface area contributed by atoms with Crippen molar-refractivity contribution in [2.24, 2.45) is 5.92 Å². The molecule has 0 aliphatic carbocycles. The van der Waals surface area contributed by atoms with Gasteiger partial charge < -0.3 is 15.5 Å². The Morgan fingerprint density at radius 3 is 2.70 bits per heavy atom. The van der Waals surface area contributed by atoms with E-state index in [0.29, 0.717) is 11.9 Å². The molecule has 2 rings (SSSR count). The van der Waals surface area contributed by atoms with Gasteiger partial charge in [-0.2, -0.15) is 4.98 Å². The predicted molar refractivity (Wildman–Crippen MR) is 79.9 cm³/mol. The molecular formula is C14H23N5O. The summed E-state index contributed by atoms with van der Waals surface area (Å²) in [5, 5.41) is 5.90. The summed E-state index contributed by atoms with van der Waals surface area (Å²) < 4.78 is 0. The van der Waals surface area contributed by atoms with Crippen molar-refractivity contribution in [1.29, 1.82) is 0 Å². The van der Waals surface area contributed by atoms with Crippen LogP contribution in [0.25, 0.3) is 0 Å². The molecule has 1 aromatic heterocycles. The minimum atomic E-state index is 0.0533. The van der Waals surface area contributed by atoms with E-state index in [0.717, 1.165) is 44.0 Å². The fourth-order valence-corrected chi connectivity index (χ4v) is 2.48. The van der Waals surface area contributed by atoms with Gasteiger partial charge in [0.05, 0.1) is 0 Å². The summed E-state index contributed by atoms with van der Waals surface area (Å²) in [6, 6.07) is 2.02. The van der Waals surface area contributed by atoms with E-state index in [-0.39, 0.29) is 5.91 Å². The van der Waals surface area contributed by atoms with Crippen LogP contribution >= 0.6 is 0 Å². The van der Waals surface area contributed by atoms with Crippen LogP contribution in [0.5, 0.6) is 0 Å². The van der Waals surface area contributed by atoms with Gasteiger partial charge in [0.2, 0.25) is 11.9 Å². The number of anilines is 2. The fourth-order valence-electron chi connectivity index (χ4n) is 2.48. The Balaban J connectivity index is 1.93. The average Bonchev–Trinajstić information content (AvgIpc) is 2.45. The van der Waals surface area contributed by atoms with Gasteiger partial charge in [-0.05, 0) is 25.7 Å². The van der Waals surface area contributed by atoms with Gasteiger partial charge in [0, 0.05) is 45.4 Å². The standard InChI is InChI=1S/C14H23N5O/c1-10-8-13(18-14(15-3)17-10)19-6-4-12(5-7-19)9-16-11(2)20/h8,12H,4-7,9H2,1-3H3,(H,16,20)(H,15,17,18). The maximum atomic E-state index is 10.9. The summed E-state index contributed by atoms with van der Waals surface area (Å²) >= 11 is 0. The molecule has 20 heavy (non-hydrogen) atoms. The van der Waals surface area contributed by atoms with Gasteiger partial charge in [-0.15, -0.1) is 0 Å². The van der Waals surface area contributed by atoms with Crippen molar-refractivity contribution in [1.82, 2.24) is 15.3 Å². The van der Waals surface area contributed by atoms with Crippen LogP contribution in [-0.4, -0.2) is 42.6 Å². The number of nitrogens with zero attached hydrogens (tertiary/aromatic N) is 3. The van der Waals surface area contributed by atoms with Crippen molar-refractivity contribution < 1.29 is 4.79 Å². The summed E-state index contributed by atoms with van der Waals surface area (Å²) in [7, 11) is 1.83. The third-order valence-electron chi connectivity index (χ3n) is 3.64. The van der Waals surface area contributed by atoms with E-state index >= 15 is 0 Å².